The molecule has 0 unspecified atom stereocenters. The fraction of sp³-hybridized carbons (Fsp3) is 0.333. The van der Waals surface area contributed by atoms with Crippen molar-refractivity contribution in [1.29, 1.82) is 5.26 Å². The molecule has 0 saturated carbocycles. The van der Waals surface area contributed by atoms with Crippen LogP contribution in [0, 0.1) is 11.3 Å². The molecule has 0 radical (unpaired) electrons. The normalized spacial score (nSPS) is 16.4. The topological polar surface area (TPSA) is 87.0 Å². The fourth-order valence-corrected chi connectivity index (χ4v) is 3.61. The van der Waals surface area contributed by atoms with Crippen molar-refractivity contribution in [2.24, 2.45) is 0 Å². The lowest BCUT2D eigenvalue weighted by molar-refractivity contribution is -0.116. The molecule has 1 aromatic carbocycles. The molecular formula is C12H12N2O3S. The molecule has 1 aromatic rings. The first-order chi connectivity index (χ1) is 8.53. The second kappa shape index (κ2) is 4.78. The van der Waals surface area contributed by atoms with E-state index >= 15 is 0 Å². The van der Waals surface area contributed by atoms with E-state index in [9.17, 15) is 13.2 Å². The zero-order chi connectivity index (χ0) is 13.2. The molecule has 0 spiro atoms. The number of benzene rings is 1. The molecule has 0 aliphatic carbocycles. The maximum atomic E-state index is 11.8. The molecule has 94 valence electrons. The predicted molar refractivity (Wildman–Crippen MR) is 64.3 cm³/mol. The number of fused-ring (bicyclic) bond motifs is 1. The smallest absolute Gasteiger partial charge is 0.322 e. The summed E-state index contributed by atoms with van der Waals surface area (Å²) in [5.41, 5.74) is 1.60. The molecule has 1 aliphatic heterocycles. The van der Waals surface area contributed by atoms with Crippen molar-refractivity contribution in [2.75, 3.05) is 5.75 Å². The number of rotatable bonds is 2. The average Bonchev–Trinajstić information content (AvgIpc) is 2.35. The van der Waals surface area contributed by atoms with Gasteiger partial charge in [-0.1, -0.05) is 12.1 Å². The number of amides is 1. The summed E-state index contributed by atoms with van der Waals surface area (Å²) in [4.78, 5) is 11.2. The third-order valence-electron chi connectivity index (χ3n) is 2.87. The molecule has 0 aromatic heterocycles. The van der Waals surface area contributed by atoms with Crippen LogP contribution in [0.4, 0.5) is 0 Å². The van der Waals surface area contributed by atoms with Gasteiger partial charge in [-0.3, -0.25) is 4.79 Å². The zero-order valence-electron chi connectivity index (χ0n) is 9.64. The number of sulfone groups is 1. The number of carbonyl (C=O) groups is 1. The van der Waals surface area contributed by atoms with Crippen LogP contribution in [0.5, 0.6) is 0 Å². The second-order valence-corrected chi connectivity index (χ2v) is 6.24. The molecule has 2 rings (SSSR count). The fourth-order valence-electron chi connectivity index (χ4n) is 2.03. The number of carbonyl (C=O) groups excluding carboxylic acids is 1. The van der Waals surface area contributed by atoms with E-state index in [1.54, 1.807) is 18.2 Å². The molecule has 0 fully saturated rings. The summed E-state index contributed by atoms with van der Waals surface area (Å²) in [5.74, 6) is -0.495. The maximum absolute atomic E-state index is 11.8. The number of hydrogen-bond donors (Lipinski definition) is 1. The number of nitrogens with zero attached hydrogens (tertiary/aromatic N) is 1. The molecule has 1 amide bonds. The minimum atomic E-state index is -3.13. The Morgan fingerprint density at radius 3 is 2.94 bits per heavy atom. The summed E-state index contributed by atoms with van der Waals surface area (Å²) in [6.45, 7) is 0.236. The van der Waals surface area contributed by atoms with Gasteiger partial charge in [0.25, 0.3) is 0 Å². The van der Waals surface area contributed by atoms with Gasteiger partial charge in [-0.2, -0.15) is 5.26 Å². The summed E-state index contributed by atoms with van der Waals surface area (Å²) < 4.78 is 23.6. The number of aryl methyl sites for hydroxylation is 1. The molecule has 1 aliphatic rings. The Labute approximate surface area is 105 Å². The van der Waals surface area contributed by atoms with Crippen LogP contribution in [-0.4, -0.2) is 20.1 Å². The van der Waals surface area contributed by atoms with E-state index in [1.165, 1.54) is 6.07 Å². The molecule has 0 atom stereocenters. The van der Waals surface area contributed by atoms with E-state index in [0.717, 1.165) is 17.5 Å². The first-order valence-corrected chi connectivity index (χ1v) is 7.20. The quantitative estimate of drug-likeness (QED) is 0.790. The Bertz CT molecular complexity index is 629. The van der Waals surface area contributed by atoms with Gasteiger partial charge in [0.1, 0.15) is 0 Å². The van der Waals surface area contributed by atoms with E-state index in [4.69, 9.17) is 5.26 Å². The van der Waals surface area contributed by atoms with Crippen LogP contribution in [0.1, 0.15) is 17.5 Å². The Morgan fingerprint density at radius 1 is 1.44 bits per heavy atom. The van der Waals surface area contributed by atoms with Crippen molar-refractivity contribution in [2.45, 2.75) is 24.3 Å². The number of nitriles is 1. The SMILES string of the molecule is N#CC(=O)NCc1ccc2c(c1)CCCS2(=O)=O. The highest BCUT2D eigenvalue weighted by Gasteiger charge is 2.23. The summed E-state index contributed by atoms with van der Waals surface area (Å²) >= 11 is 0. The van der Waals surface area contributed by atoms with Gasteiger partial charge in [0, 0.05) is 6.54 Å². The molecule has 1 heterocycles. The highest BCUT2D eigenvalue weighted by Crippen LogP contribution is 2.25. The number of hydrogen-bond acceptors (Lipinski definition) is 4. The van der Waals surface area contributed by atoms with Crippen LogP contribution in [0.3, 0.4) is 0 Å². The molecule has 1 N–H and O–H groups in total. The van der Waals surface area contributed by atoms with E-state index in [2.05, 4.69) is 5.32 Å². The predicted octanol–water partition coefficient (Wildman–Crippen LogP) is 0.546. The van der Waals surface area contributed by atoms with Crippen molar-refractivity contribution in [3.05, 3.63) is 29.3 Å². The Balaban J connectivity index is 2.23. The minimum absolute atomic E-state index is 0.199. The van der Waals surface area contributed by atoms with Gasteiger partial charge in [0.15, 0.2) is 15.9 Å². The minimum Gasteiger partial charge on any atom is -0.339 e. The summed E-state index contributed by atoms with van der Waals surface area (Å²) in [7, 11) is -3.13. The van der Waals surface area contributed by atoms with Gasteiger partial charge in [0.2, 0.25) is 0 Å². The first kappa shape index (κ1) is 12.6. The zero-order valence-corrected chi connectivity index (χ0v) is 10.5. The third kappa shape index (κ3) is 2.51. The van der Waals surface area contributed by atoms with Crippen molar-refractivity contribution >= 4 is 15.7 Å². The van der Waals surface area contributed by atoms with E-state index in [1.807, 2.05) is 0 Å². The van der Waals surface area contributed by atoms with Crippen LogP contribution >= 0.6 is 0 Å². The monoisotopic (exact) mass is 264 g/mol. The molecule has 6 heteroatoms. The van der Waals surface area contributed by atoms with E-state index in [0.29, 0.717) is 11.3 Å². The van der Waals surface area contributed by atoms with E-state index in [-0.39, 0.29) is 12.3 Å². The van der Waals surface area contributed by atoms with Crippen LogP contribution in [0.15, 0.2) is 23.1 Å². The van der Waals surface area contributed by atoms with Gasteiger partial charge in [-0.05, 0) is 30.0 Å². The molecule has 5 nitrogen and oxygen atoms in total. The Hall–Kier alpha value is -1.87. The van der Waals surface area contributed by atoms with Crippen molar-refractivity contribution < 1.29 is 13.2 Å². The molecule has 0 bridgehead atoms. The highest BCUT2D eigenvalue weighted by atomic mass is 32.2. The molecule has 18 heavy (non-hydrogen) atoms. The van der Waals surface area contributed by atoms with Gasteiger partial charge >= 0.3 is 5.91 Å². The number of nitrogens with one attached hydrogen (secondary N) is 1. The van der Waals surface area contributed by atoms with Crippen molar-refractivity contribution in [3.63, 3.8) is 0 Å². The van der Waals surface area contributed by atoms with Crippen molar-refractivity contribution in [1.82, 2.24) is 5.32 Å². The first-order valence-electron chi connectivity index (χ1n) is 5.55. The van der Waals surface area contributed by atoms with Crippen LogP contribution in [0.2, 0.25) is 0 Å². The lowest BCUT2D eigenvalue weighted by Gasteiger charge is -2.17. The van der Waals surface area contributed by atoms with Gasteiger partial charge < -0.3 is 5.32 Å². The lowest BCUT2D eigenvalue weighted by Crippen LogP contribution is -2.21. The standard InChI is InChI=1S/C12H12N2O3S/c13-7-12(15)14-8-9-3-4-11-10(6-9)2-1-5-18(11,16)17/h3-4,6H,1-2,5,8H2,(H,14,15). The van der Waals surface area contributed by atoms with E-state index < -0.39 is 15.7 Å². The summed E-state index contributed by atoms with van der Waals surface area (Å²) in [6.07, 6.45) is 1.36. The van der Waals surface area contributed by atoms with Crippen LogP contribution < -0.4 is 5.32 Å². The van der Waals surface area contributed by atoms with Crippen LogP contribution in [0.25, 0.3) is 0 Å². The second-order valence-electron chi connectivity index (χ2n) is 4.16. The maximum Gasteiger partial charge on any atom is 0.322 e. The molecule has 0 saturated heterocycles. The highest BCUT2D eigenvalue weighted by molar-refractivity contribution is 7.91. The van der Waals surface area contributed by atoms with Crippen molar-refractivity contribution in [3.8, 4) is 6.07 Å². The Kier molecular flexibility index (Phi) is 3.34. The van der Waals surface area contributed by atoms with Gasteiger partial charge in [-0.15, -0.1) is 0 Å². The Morgan fingerprint density at radius 2 is 2.22 bits per heavy atom. The van der Waals surface area contributed by atoms with Gasteiger partial charge in [0.05, 0.1) is 10.6 Å². The summed E-state index contributed by atoms with van der Waals surface area (Å²) in [6, 6.07) is 6.49. The lowest BCUT2D eigenvalue weighted by atomic mass is 10.1. The average molecular weight is 264 g/mol. The van der Waals surface area contributed by atoms with Gasteiger partial charge in [-0.25, -0.2) is 8.42 Å². The third-order valence-corrected chi connectivity index (χ3v) is 4.77. The largest absolute Gasteiger partial charge is 0.339 e. The molecular weight excluding hydrogens is 252 g/mol. The van der Waals surface area contributed by atoms with Crippen LogP contribution in [-0.2, 0) is 27.6 Å². The summed E-state index contributed by atoms with van der Waals surface area (Å²) in [5, 5.41) is 10.8.